The van der Waals surface area contributed by atoms with E-state index in [2.05, 4.69) is 10.6 Å². The molecule has 1 atom stereocenters. The molecule has 8 nitrogen and oxygen atoms in total. The number of likely N-dealkylation sites (N-methyl/N-ethyl adjacent to an activating group) is 2. The fraction of sp³-hybridized carbons (Fsp3) is 0.250. The minimum absolute atomic E-state index is 0.0523. The molecule has 192 valence electrons. The number of anilines is 2. The molecule has 0 aliphatic carbocycles. The largest absolute Gasteiger partial charge is 0.484 e. The van der Waals surface area contributed by atoms with Crippen molar-refractivity contribution >= 4 is 40.7 Å². The Bertz CT molecular complexity index is 1270. The summed E-state index contributed by atoms with van der Waals surface area (Å²) in [4.78, 5) is 42.8. The topological polar surface area (TPSA) is 91.0 Å². The second kappa shape index (κ2) is 11.9. The third-order valence-electron chi connectivity index (χ3n) is 6.14. The normalized spacial score (nSPS) is 14.8. The molecule has 1 aliphatic heterocycles. The second-order valence-electron chi connectivity index (χ2n) is 8.75. The van der Waals surface area contributed by atoms with Crippen LogP contribution in [0.25, 0.3) is 0 Å². The highest BCUT2D eigenvalue weighted by molar-refractivity contribution is 6.30. The highest BCUT2D eigenvalue weighted by atomic mass is 35.5. The number of nitrogens with zero attached hydrogens (tertiary/aromatic N) is 2. The quantitative estimate of drug-likeness (QED) is 0.466. The van der Waals surface area contributed by atoms with Crippen LogP contribution in [0.5, 0.6) is 5.75 Å². The molecule has 0 saturated carbocycles. The highest BCUT2D eigenvalue weighted by Crippen LogP contribution is 2.39. The van der Waals surface area contributed by atoms with Crippen LogP contribution in [-0.4, -0.2) is 56.4 Å². The number of ether oxygens (including phenoxy) is 1. The predicted molar refractivity (Wildman–Crippen MR) is 144 cm³/mol. The van der Waals surface area contributed by atoms with Gasteiger partial charge in [0.05, 0.1) is 23.8 Å². The molecule has 0 aromatic heterocycles. The number of carbonyl (C=O) groups excluding carboxylic acids is 3. The lowest BCUT2D eigenvalue weighted by Gasteiger charge is -2.31. The van der Waals surface area contributed by atoms with Gasteiger partial charge < -0.3 is 20.3 Å². The third-order valence-corrected chi connectivity index (χ3v) is 6.39. The van der Waals surface area contributed by atoms with Gasteiger partial charge >= 0.3 is 0 Å². The van der Waals surface area contributed by atoms with E-state index in [-0.39, 0.29) is 30.7 Å². The van der Waals surface area contributed by atoms with Gasteiger partial charge in [-0.05, 0) is 55.1 Å². The van der Waals surface area contributed by atoms with E-state index < -0.39 is 6.04 Å². The Hall–Kier alpha value is -3.88. The fourth-order valence-electron chi connectivity index (χ4n) is 4.21. The number of hydrogen-bond donors (Lipinski definition) is 2. The van der Waals surface area contributed by atoms with Gasteiger partial charge in [-0.2, -0.15) is 0 Å². The van der Waals surface area contributed by atoms with Gasteiger partial charge in [-0.1, -0.05) is 41.9 Å². The van der Waals surface area contributed by atoms with Gasteiger partial charge in [-0.25, -0.2) is 0 Å². The van der Waals surface area contributed by atoms with E-state index in [1.54, 1.807) is 59.3 Å². The van der Waals surface area contributed by atoms with E-state index in [4.69, 9.17) is 16.3 Å². The summed E-state index contributed by atoms with van der Waals surface area (Å²) in [5.41, 5.74) is 2.13. The lowest BCUT2D eigenvalue weighted by atomic mass is 10.0. The number of hydrogen-bond acceptors (Lipinski definition) is 5. The first-order chi connectivity index (χ1) is 17.9. The Kier molecular flexibility index (Phi) is 8.43. The van der Waals surface area contributed by atoms with E-state index in [1.807, 2.05) is 37.4 Å². The maximum absolute atomic E-state index is 13.6. The van der Waals surface area contributed by atoms with Crippen molar-refractivity contribution in [2.24, 2.45) is 0 Å². The maximum Gasteiger partial charge on any atom is 0.265 e. The van der Waals surface area contributed by atoms with Crippen molar-refractivity contribution in [3.8, 4) is 5.75 Å². The van der Waals surface area contributed by atoms with Crippen LogP contribution in [0.1, 0.15) is 28.4 Å². The average molecular weight is 521 g/mol. The average Bonchev–Trinajstić information content (AvgIpc) is 3.06. The smallest absolute Gasteiger partial charge is 0.265 e. The van der Waals surface area contributed by atoms with Gasteiger partial charge in [0.25, 0.3) is 11.8 Å². The zero-order valence-corrected chi connectivity index (χ0v) is 21.5. The summed E-state index contributed by atoms with van der Waals surface area (Å²) >= 11 is 5.95. The van der Waals surface area contributed by atoms with Crippen LogP contribution in [0.4, 0.5) is 11.4 Å². The summed E-state index contributed by atoms with van der Waals surface area (Å²) in [6.07, 6.45) is 0.0523. The van der Waals surface area contributed by atoms with Crippen molar-refractivity contribution in [1.29, 1.82) is 0 Å². The molecule has 1 unspecified atom stereocenters. The summed E-state index contributed by atoms with van der Waals surface area (Å²) in [5.74, 6) is -0.257. The number of rotatable bonds is 8. The minimum Gasteiger partial charge on any atom is -0.484 e. The summed E-state index contributed by atoms with van der Waals surface area (Å²) in [6, 6.07) is 20.6. The van der Waals surface area contributed by atoms with Crippen LogP contribution in [0, 0.1) is 0 Å². The Morgan fingerprint density at radius 1 is 1.11 bits per heavy atom. The molecule has 4 rings (SSSR count). The van der Waals surface area contributed by atoms with Gasteiger partial charge in [-0.3, -0.25) is 19.3 Å². The second-order valence-corrected chi connectivity index (χ2v) is 9.18. The Morgan fingerprint density at radius 2 is 1.84 bits per heavy atom. The molecule has 0 saturated heterocycles. The third kappa shape index (κ3) is 6.28. The van der Waals surface area contributed by atoms with Crippen molar-refractivity contribution in [3.05, 3.63) is 88.9 Å². The molecule has 1 heterocycles. The van der Waals surface area contributed by atoms with E-state index in [0.29, 0.717) is 40.8 Å². The van der Waals surface area contributed by atoms with Gasteiger partial charge in [-0.15, -0.1) is 0 Å². The van der Waals surface area contributed by atoms with Crippen LogP contribution in [0.2, 0.25) is 5.02 Å². The molecule has 2 N–H and O–H groups in total. The summed E-state index contributed by atoms with van der Waals surface area (Å²) in [7, 11) is 3.54. The van der Waals surface area contributed by atoms with Crippen molar-refractivity contribution in [2.75, 3.05) is 44.0 Å². The first kappa shape index (κ1) is 26.2. The molecule has 0 fully saturated rings. The number of benzene rings is 3. The zero-order valence-electron chi connectivity index (χ0n) is 20.7. The standard InChI is InChI=1S/C28H29ClN4O4/c1-30-14-15-32(2)28(36)20-8-13-24-23(16-20)31-26(34)17-25(19-6-4-3-5-7-19)33(24)27(35)18-37-22-11-9-21(29)10-12-22/h3-13,16,25,30H,14-15,17-18H2,1-2H3,(H,31,34). The molecular formula is C28H29ClN4O4. The lowest BCUT2D eigenvalue weighted by molar-refractivity contribution is -0.121. The molecule has 0 bridgehead atoms. The van der Waals surface area contributed by atoms with Crippen LogP contribution in [0.3, 0.4) is 0 Å². The first-order valence-electron chi connectivity index (χ1n) is 12.0. The number of halogens is 1. The van der Waals surface area contributed by atoms with Gasteiger partial charge in [0, 0.05) is 30.7 Å². The molecule has 0 radical (unpaired) electrons. The SMILES string of the molecule is CNCCN(C)C(=O)c1ccc2c(c1)NC(=O)CC(c1ccccc1)N2C(=O)COc1ccc(Cl)cc1. The predicted octanol–water partition coefficient (Wildman–Crippen LogP) is 4.13. The molecule has 3 amide bonds. The molecule has 37 heavy (non-hydrogen) atoms. The summed E-state index contributed by atoms with van der Waals surface area (Å²) in [5, 5.41) is 6.48. The monoisotopic (exact) mass is 520 g/mol. The highest BCUT2D eigenvalue weighted by Gasteiger charge is 2.34. The Balaban J connectivity index is 1.69. The molecular weight excluding hydrogens is 492 g/mol. The van der Waals surface area contributed by atoms with Crippen LogP contribution >= 0.6 is 11.6 Å². The summed E-state index contributed by atoms with van der Waals surface area (Å²) < 4.78 is 5.75. The van der Waals surface area contributed by atoms with Crippen LogP contribution in [-0.2, 0) is 9.59 Å². The first-order valence-corrected chi connectivity index (χ1v) is 12.3. The molecule has 1 aliphatic rings. The van der Waals surface area contributed by atoms with Gasteiger partial charge in [0.2, 0.25) is 5.91 Å². The van der Waals surface area contributed by atoms with Crippen LogP contribution < -0.4 is 20.3 Å². The van der Waals surface area contributed by atoms with Crippen molar-refractivity contribution in [3.63, 3.8) is 0 Å². The molecule has 9 heteroatoms. The van der Waals surface area contributed by atoms with Gasteiger partial charge in [0.15, 0.2) is 6.61 Å². The number of amides is 3. The van der Waals surface area contributed by atoms with E-state index in [9.17, 15) is 14.4 Å². The van der Waals surface area contributed by atoms with E-state index in [0.717, 1.165) is 5.56 Å². The van der Waals surface area contributed by atoms with Crippen molar-refractivity contribution in [2.45, 2.75) is 12.5 Å². The number of fused-ring (bicyclic) bond motifs is 1. The van der Waals surface area contributed by atoms with Crippen molar-refractivity contribution < 1.29 is 19.1 Å². The lowest BCUT2D eigenvalue weighted by Crippen LogP contribution is -2.38. The Labute approximate surface area is 221 Å². The maximum atomic E-state index is 13.6. The fourth-order valence-corrected chi connectivity index (χ4v) is 4.34. The molecule has 3 aromatic rings. The molecule has 0 spiro atoms. The number of carbonyl (C=O) groups is 3. The Morgan fingerprint density at radius 3 is 2.54 bits per heavy atom. The van der Waals surface area contributed by atoms with Crippen LogP contribution in [0.15, 0.2) is 72.8 Å². The summed E-state index contributed by atoms with van der Waals surface area (Å²) in [6.45, 7) is 0.937. The zero-order chi connectivity index (χ0) is 26.4. The van der Waals surface area contributed by atoms with Gasteiger partial charge in [0.1, 0.15) is 5.75 Å². The van der Waals surface area contributed by atoms with E-state index >= 15 is 0 Å². The molecule has 3 aromatic carbocycles. The van der Waals surface area contributed by atoms with E-state index in [1.165, 1.54) is 0 Å². The number of nitrogens with one attached hydrogen (secondary N) is 2. The minimum atomic E-state index is -0.552. The van der Waals surface area contributed by atoms with Crippen molar-refractivity contribution in [1.82, 2.24) is 10.2 Å².